The molecular weight excluding hydrogens is 304 g/mol. The molecule has 0 spiro atoms. The normalized spacial score (nSPS) is 19.1. The Labute approximate surface area is 139 Å². The lowest BCUT2D eigenvalue weighted by atomic mass is 10.1. The van der Waals surface area contributed by atoms with Crippen molar-refractivity contribution >= 4 is 22.7 Å². The number of aliphatic hydroxyl groups excluding tert-OH is 1. The minimum absolute atomic E-state index is 0.119. The Bertz CT molecular complexity index is 874. The second-order valence-corrected chi connectivity index (χ2v) is 6.20. The molecule has 7 nitrogen and oxygen atoms in total. The average Bonchev–Trinajstić information content (AvgIpc) is 3.21. The smallest absolute Gasteiger partial charge is 0.220 e. The molecule has 0 aromatic carbocycles. The molecule has 2 unspecified atom stereocenters. The zero-order valence-corrected chi connectivity index (χ0v) is 13.5. The van der Waals surface area contributed by atoms with Crippen molar-refractivity contribution in [3.05, 3.63) is 30.7 Å². The number of hydrogen-bond acceptors (Lipinski definition) is 6. The van der Waals surface area contributed by atoms with Gasteiger partial charge in [-0.3, -0.25) is 0 Å². The number of aliphatic hydroxyl groups is 1. The molecule has 124 valence electrons. The fraction of sp³-hybridized carbons (Fsp3) is 0.353. The average molecular weight is 324 g/mol. The summed E-state index contributed by atoms with van der Waals surface area (Å²) in [6.45, 7) is 2.77. The molecule has 1 aliphatic heterocycles. The van der Waals surface area contributed by atoms with Crippen LogP contribution < -0.4 is 10.6 Å². The number of anilines is 2. The van der Waals surface area contributed by atoms with Gasteiger partial charge in [0.05, 0.1) is 28.9 Å². The van der Waals surface area contributed by atoms with Crippen molar-refractivity contribution in [1.29, 1.82) is 0 Å². The van der Waals surface area contributed by atoms with Crippen LogP contribution in [0.15, 0.2) is 30.7 Å². The zero-order chi connectivity index (χ0) is 16.7. The van der Waals surface area contributed by atoms with Crippen LogP contribution in [-0.4, -0.2) is 43.7 Å². The van der Waals surface area contributed by atoms with Crippen LogP contribution in [0.4, 0.5) is 11.6 Å². The SMILES string of the molecule is CC(O)C1CCCN1c1ccnc2[nH]cc(-c3ccnc(N)n3)c12. The lowest BCUT2D eigenvalue weighted by Gasteiger charge is -2.29. The predicted octanol–water partition coefficient (Wildman–Crippen LogP) is 1.95. The summed E-state index contributed by atoms with van der Waals surface area (Å²) in [7, 11) is 0. The van der Waals surface area contributed by atoms with Gasteiger partial charge >= 0.3 is 0 Å². The van der Waals surface area contributed by atoms with Gasteiger partial charge in [-0.2, -0.15) is 0 Å². The molecule has 24 heavy (non-hydrogen) atoms. The van der Waals surface area contributed by atoms with Gasteiger partial charge in [0.25, 0.3) is 0 Å². The molecule has 4 rings (SSSR count). The van der Waals surface area contributed by atoms with E-state index in [0.717, 1.165) is 47.4 Å². The fourth-order valence-corrected chi connectivity index (χ4v) is 3.60. The van der Waals surface area contributed by atoms with E-state index < -0.39 is 0 Å². The zero-order valence-electron chi connectivity index (χ0n) is 13.5. The number of hydrogen-bond donors (Lipinski definition) is 3. The van der Waals surface area contributed by atoms with Crippen molar-refractivity contribution < 1.29 is 5.11 Å². The second-order valence-electron chi connectivity index (χ2n) is 6.20. The highest BCUT2D eigenvalue weighted by Gasteiger charge is 2.30. The van der Waals surface area contributed by atoms with Gasteiger partial charge < -0.3 is 20.7 Å². The van der Waals surface area contributed by atoms with Gasteiger partial charge in [-0.1, -0.05) is 0 Å². The van der Waals surface area contributed by atoms with Crippen molar-refractivity contribution in [3.8, 4) is 11.3 Å². The quantitative estimate of drug-likeness (QED) is 0.680. The van der Waals surface area contributed by atoms with Gasteiger partial charge in [0, 0.05) is 30.7 Å². The van der Waals surface area contributed by atoms with Gasteiger partial charge in [-0.15, -0.1) is 0 Å². The standard InChI is InChI=1S/C17H20N6O/c1-10(24)13-3-2-8-23(13)14-5-7-19-16-15(14)11(9-21-16)12-4-6-20-17(18)22-12/h4-7,9-10,13,24H,2-3,8H2,1H3,(H,19,21)(H2,18,20,22). The van der Waals surface area contributed by atoms with E-state index in [-0.39, 0.29) is 18.1 Å². The summed E-state index contributed by atoms with van der Waals surface area (Å²) >= 11 is 0. The number of fused-ring (bicyclic) bond motifs is 1. The number of H-pyrrole nitrogens is 1. The Balaban J connectivity index is 1.89. The first-order chi connectivity index (χ1) is 11.6. The molecule has 4 N–H and O–H groups in total. The maximum Gasteiger partial charge on any atom is 0.220 e. The molecule has 1 saturated heterocycles. The van der Waals surface area contributed by atoms with E-state index in [1.54, 1.807) is 12.4 Å². The number of nitrogens with one attached hydrogen (secondary N) is 1. The van der Waals surface area contributed by atoms with E-state index in [4.69, 9.17) is 5.73 Å². The molecule has 7 heteroatoms. The van der Waals surface area contributed by atoms with E-state index in [0.29, 0.717) is 0 Å². The summed E-state index contributed by atoms with van der Waals surface area (Å²) < 4.78 is 0. The number of nitrogens with zero attached hydrogens (tertiary/aromatic N) is 4. The molecule has 1 aliphatic rings. The molecule has 3 aromatic rings. The summed E-state index contributed by atoms with van der Waals surface area (Å²) in [6, 6.07) is 3.96. The number of aromatic nitrogens is 4. The van der Waals surface area contributed by atoms with Gasteiger partial charge in [-0.05, 0) is 31.9 Å². The van der Waals surface area contributed by atoms with E-state index in [1.807, 2.05) is 25.3 Å². The van der Waals surface area contributed by atoms with E-state index in [1.165, 1.54) is 0 Å². The second kappa shape index (κ2) is 5.76. The number of nitrogen functional groups attached to an aromatic ring is 1. The molecule has 0 amide bonds. The minimum Gasteiger partial charge on any atom is -0.391 e. The first-order valence-electron chi connectivity index (χ1n) is 8.15. The number of aromatic amines is 1. The summed E-state index contributed by atoms with van der Waals surface area (Å²) in [5, 5.41) is 11.1. The molecule has 0 saturated carbocycles. The highest BCUT2D eigenvalue weighted by Crippen LogP contribution is 2.37. The summed E-state index contributed by atoms with van der Waals surface area (Å²) in [6.07, 6.45) is 7.02. The van der Waals surface area contributed by atoms with Crippen LogP contribution in [0.2, 0.25) is 0 Å². The Hall–Kier alpha value is -2.67. The van der Waals surface area contributed by atoms with E-state index in [9.17, 15) is 5.11 Å². The lowest BCUT2D eigenvalue weighted by Crippen LogP contribution is -2.37. The van der Waals surface area contributed by atoms with Crippen LogP contribution in [0.3, 0.4) is 0 Å². The molecule has 4 heterocycles. The fourth-order valence-electron chi connectivity index (χ4n) is 3.60. The van der Waals surface area contributed by atoms with Crippen molar-refractivity contribution in [1.82, 2.24) is 19.9 Å². The molecular formula is C17H20N6O. The minimum atomic E-state index is -0.382. The van der Waals surface area contributed by atoms with E-state index >= 15 is 0 Å². The largest absolute Gasteiger partial charge is 0.391 e. The number of rotatable bonds is 3. The lowest BCUT2D eigenvalue weighted by molar-refractivity contribution is 0.164. The van der Waals surface area contributed by atoms with E-state index in [2.05, 4.69) is 24.8 Å². The molecule has 0 bridgehead atoms. The Morgan fingerprint density at radius 2 is 2.17 bits per heavy atom. The van der Waals surface area contributed by atoms with Crippen molar-refractivity contribution in [2.75, 3.05) is 17.2 Å². The molecule has 1 fully saturated rings. The first kappa shape index (κ1) is 14.9. The third-order valence-corrected chi connectivity index (χ3v) is 4.67. The highest BCUT2D eigenvalue weighted by molar-refractivity contribution is 6.02. The maximum atomic E-state index is 10.1. The maximum absolute atomic E-state index is 10.1. The molecule has 3 aromatic heterocycles. The Morgan fingerprint density at radius 3 is 2.96 bits per heavy atom. The predicted molar refractivity (Wildman–Crippen MR) is 93.6 cm³/mol. The van der Waals surface area contributed by atoms with Crippen molar-refractivity contribution in [2.45, 2.75) is 31.9 Å². The molecule has 2 atom stereocenters. The van der Waals surface area contributed by atoms with Gasteiger partial charge in [0.1, 0.15) is 5.65 Å². The van der Waals surface area contributed by atoms with Crippen LogP contribution >= 0.6 is 0 Å². The van der Waals surface area contributed by atoms with Crippen LogP contribution in [0.1, 0.15) is 19.8 Å². The van der Waals surface area contributed by atoms with Gasteiger partial charge in [-0.25, -0.2) is 15.0 Å². The molecule has 0 radical (unpaired) electrons. The summed E-state index contributed by atoms with van der Waals surface area (Å²) in [5.41, 5.74) is 9.31. The molecule has 0 aliphatic carbocycles. The van der Waals surface area contributed by atoms with Crippen LogP contribution in [0.5, 0.6) is 0 Å². The van der Waals surface area contributed by atoms with Crippen LogP contribution in [0.25, 0.3) is 22.3 Å². The van der Waals surface area contributed by atoms with Gasteiger partial charge in [0.2, 0.25) is 5.95 Å². The third kappa shape index (κ3) is 2.37. The van der Waals surface area contributed by atoms with Crippen molar-refractivity contribution in [2.24, 2.45) is 0 Å². The first-order valence-corrected chi connectivity index (χ1v) is 8.15. The van der Waals surface area contributed by atoms with Crippen LogP contribution in [-0.2, 0) is 0 Å². The third-order valence-electron chi connectivity index (χ3n) is 4.67. The monoisotopic (exact) mass is 324 g/mol. The number of nitrogens with two attached hydrogens (primary N) is 1. The van der Waals surface area contributed by atoms with Gasteiger partial charge in [0.15, 0.2) is 0 Å². The summed E-state index contributed by atoms with van der Waals surface area (Å²) in [5.74, 6) is 0.246. The highest BCUT2D eigenvalue weighted by atomic mass is 16.3. The van der Waals surface area contributed by atoms with Crippen molar-refractivity contribution in [3.63, 3.8) is 0 Å². The Morgan fingerprint density at radius 1 is 1.33 bits per heavy atom. The van der Waals surface area contributed by atoms with Crippen LogP contribution in [0, 0.1) is 0 Å². The number of pyridine rings is 1. The topological polar surface area (TPSA) is 104 Å². The summed E-state index contributed by atoms with van der Waals surface area (Å²) in [4.78, 5) is 18.2. The Kier molecular flexibility index (Phi) is 3.57.